The molecule has 0 saturated carbocycles. The van der Waals surface area contributed by atoms with E-state index in [-0.39, 0.29) is 5.91 Å². The number of hydrogen-bond donors (Lipinski definition) is 1. The fraction of sp³-hybridized carbons (Fsp3) is 0.111. The molecule has 0 aliphatic carbocycles. The van der Waals surface area contributed by atoms with Crippen molar-refractivity contribution in [1.29, 1.82) is 0 Å². The third kappa shape index (κ3) is 2.87. The molecule has 0 unspecified atom stereocenters. The van der Waals surface area contributed by atoms with Crippen LogP contribution in [0.25, 0.3) is 0 Å². The lowest BCUT2D eigenvalue weighted by Crippen LogP contribution is -2.12. The molecule has 3 nitrogen and oxygen atoms in total. The van der Waals surface area contributed by atoms with Crippen molar-refractivity contribution >= 4 is 23.3 Å². The van der Waals surface area contributed by atoms with E-state index in [2.05, 4.69) is 16.9 Å². The first kappa shape index (κ1) is 9.74. The molecule has 0 atom stereocenters. The quantitative estimate of drug-likeness (QED) is 0.738. The van der Waals surface area contributed by atoms with Crippen molar-refractivity contribution in [3.63, 3.8) is 0 Å². The standard InChI is InChI=1S/C9H9ClN2O/c1-6(2)9(13)12-8-4-3-7(10)5-11-8/h3-5H,1H2,2H3,(H,11,12,13). The van der Waals surface area contributed by atoms with Crippen molar-refractivity contribution in [2.45, 2.75) is 6.92 Å². The van der Waals surface area contributed by atoms with Crippen molar-refractivity contribution in [1.82, 2.24) is 4.98 Å². The zero-order valence-corrected chi connectivity index (χ0v) is 7.93. The Morgan fingerprint density at radius 2 is 2.31 bits per heavy atom. The van der Waals surface area contributed by atoms with Gasteiger partial charge in [-0.1, -0.05) is 18.2 Å². The van der Waals surface area contributed by atoms with E-state index in [9.17, 15) is 4.79 Å². The summed E-state index contributed by atoms with van der Waals surface area (Å²) in [6, 6.07) is 3.28. The second kappa shape index (κ2) is 4.05. The van der Waals surface area contributed by atoms with Gasteiger partial charge in [0.05, 0.1) is 5.02 Å². The number of pyridine rings is 1. The van der Waals surface area contributed by atoms with Crippen molar-refractivity contribution in [3.8, 4) is 0 Å². The first-order valence-corrected chi connectivity index (χ1v) is 4.06. The Bertz CT molecular complexity index is 332. The van der Waals surface area contributed by atoms with Gasteiger partial charge in [-0.05, 0) is 19.1 Å². The third-order valence-corrected chi connectivity index (χ3v) is 1.58. The van der Waals surface area contributed by atoms with Crippen molar-refractivity contribution < 1.29 is 4.79 Å². The van der Waals surface area contributed by atoms with E-state index in [0.29, 0.717) is 16.4 Å². The fourth-order valence-electron chi connectivity index (χ4n) is 0.673. The Kier molecular flexibility index (Phi) is 3.03. The topological polar surface area (TPSA) is 42.0 Å². The van der Waals surface area contributed by atoms with Crippen LogP contribution in [0.3, 0.4) is 0 Å². The number of halogens is 1. The molecule has 0 spiro atoms. The molecule has 68 valence electrons. The summed E-state index contributed by atoms with van der Waals surface area (Å²) in [4.78, 5) is 15.0. The Hall–Kier alpha value is -1.35. The molecule has 1 aromatic heterocycles. The summed E-state index contributed by atoms with van der Waals surface area (Å²) in [5, 5.41) is 3.10. The smallest absolute Gasteiger partial charge is 0.251 e. The number of carbonyl (C=O) groups excluding carboxylic acids is 1. The maximum absolute atomic E-state index is 11.1. The van der Waals surface area contributed by atoms with E-state index in [1.807, 2.05) is 0 Å². The molecule has 4 heteroatoms. The predicted molar refractivity (Wildman–Crippen MR) is 52.7 cm³/mol. The molecule has 0 aliphatic rings. The number of hydrogen-bond acceptors (Lipinski definition) is 2. The van der Waals surface area contributed by atoms with Gasteiger partial charge in [0.25, 0.3) is 5.91 Å². The molecule has 0 fully saturated rings. The van der Waals surface area contributed by atoms with Crippen LogP contribution >= 0.6 is 11.6 Å². The highest BCUT2D eigenvalue weighted by atomic mass is 35.5. The number of nitrogens with one attached hydrogen (secondary N) is 1. The Morgan fingerprint density at radius 1 is 1.62 bits per heavy atom. The fourth-order valence-corrected chi connectivity index (χ4v) is 0.785. The van der Waals surface area contributed by atoms with E-state index in [4.69, 9.17) is 11.6 Å². The molecule has 0 saturated heterocycles. The lowest BCUT2D eigenvalue weighted by molar-refractivity contribution is -0.112. The van der Waals surface area contributed by atoms with Crippen LogP contribution in [0.4, 0.5) is 5.82 Å². The number of rotatable bonds is 2. The maximum Gasteiger partial charge on any atom is 0.251 e. The molecular weight excluding hydrogens is 188 g/mol. The summed E-state index contributed by atoms with van der Waals surface area (Å²) >= 11 is 5.62. The normalized spacial score (nSPS) is 9.38. The van der Waals surface area contributed by atoms with Gasteiger partial charge in [-0.3, -0.25) is 4.79 Å². The highest BCUT2D eigenvalue weighted by Gasteiger charge is 2.02. The summed E-state index contributed by atoms with van der Waals surface area (Å²) in [5.41, 5.74) is 0.441. The van der Waals surface area contributed by atoms with Crippen molar-refractivity contribution in [2.24, 2.45) is 0 Å². The van der Waals surface area contributed by atoms with Gasteiger partial charge in [-0.25, -0.2) is 4.98 Å². The Morgan fingerprint density at radius 3 is 2.77 bits per heavy atom. The Balaban J connectivity index is 2.70. The molecule has 13 heavy (non-hydrogen) atoms. The highest BCUT2D eigenvalue weighted by molar-refractivity contribution is 6.30. The molecular formula is C9H9ClN2O. The minimum absolute atomic E-state index is 0.241. The SMILES string of the molecule is C=C(C)C(=O)Nc1ccc(Cl)cn1. The minimum Gasteiger partial charge on any atom is -0.307 e. The molecule has 1 rings (SSSR count). The average molecular weight is 197 g/mol. The molecule has 1 aromatic rings. The van der Waals surface area contributed by atoms with Gasteiger partial charge in [0, 0.05) is 11.8 Å². The molecule has 1 N–H and O–H groups in total. The largest absolute Gasteiger partial charge is 0.307 e. The lowest BCUT2D eigenvalue weighted by Gasteiger charge is -2.02. The summed E-state index contributed by atoms with van der Waals surface area (Å²) in [5.74, 6) is 0.229. The molecule has 1 heterocycles. The van der Waals surface area contributed by atoms with Crippen LogP contribution in [0, 0.1) is 0 Å². The van der Waals surface area contributed by atoms with E-state index in [0.717, 1.165) is 0 Å². The first-order chi connectivity index (χ1) is 6.09. The summed E-state index contributed by atoms with van der Waals surface area (Å²) < 4.78 is 0. The average Bonchev–Trinajstić information content (AvgIpc) is 2.08. The van der Waals surface area contributed by atoms with Gasteiger partial charge in [0.1, 0.15) is 5.82 Å². The third-order valence-electron chi connectivity index (χ3n) is 1.36. The number of nitrogens with zero attached hydrogens (tertiary/aromatic N) is 1. The van der Waals surface area contributed by atoms with E-state index < -0.39 is 0 Å². The molecule has 0 radical (unpaired) electrons. The first-order valence-electron chi connectivity index (χ1n) is 3.68. The van der Waals surface area contributed by atoms with Gasteiger partial charge >= 0.3 is 0 Å². The zero-order chi connectivity index (χ0) is 9.84. The van der Waals surface area contributed by atoms with E-state index in [1.165, 1.54) is 6.20 Å². The zero-order valence-electron chi connectivity index (χ0n) is 7.17. The monoisotopic (exact) mass is 196 g/mol. The molecule has 0 aliphatic heterocycles. The van der Waals surface area contributed by atoms with E-state index >= 15 is 0 Å². The van der Waals surface area contributed by atoms with E-state index in [1.54, 1.807) is 19.1 Å². The number of anilines is 1. The van der Waals surface area contributed by atoms with Gasteiger partial charge in [-0.15, -0.1) is 0 Å². The molecule has 0 aromatic carbocycles. The highest BCUT2D eigenvalue weighted by Crippen LogP contribution is 2.09. The van der Waals surface area contributed by atoms with Crippen LogP contribution in [-0.4, -0.2) is 10.9 Å². The number of amides is 1. The van der Waals surface area contributed by atoms with Gasteiger partial charge in [0.15, 0.2) is 0 Å². The molecule has 1 amide bonds. The van der Waals surface area contributed by atoms with Gasteiger partial charge < -0.3 is 5.32 Å². The van der Waals surface area contributed by atoms with Gasteiger partial charge in [0.2, 0.25) is 0 Å². The molecule has 0 bridgehead atoms. The van der Waals surface area contributed by atoms with Crippen LogP contribution in [0.15, 0.2) is 30.5 Å². The van der Waals surface area contributed by atoms with Gasteiger partial charge in [-0.2, -0.15) is 0 Å². The summed E-state index contributed by atoms with van der Waals surface area (Å²) in [7, 11) is 0. The summed E-state index contributed by atoms with van der Waals surface area (Å²) in [6.45, 7) is 5.13. The second-order valence-corrected chi connectivity index (χ2v) is 3.03. The van der Waals surface area contributed by atoms with Crippen LogP contribution in [0.1, 0.15) is 6.92 Å². The van der Waals surface area contributed by atoms with Crippen LogP contribution in [0.5, 0.6) is 0 Å². The maximum atomic E-state index is 11.1. The van der Waals surface area contributed by atoms with Crippen LogP contribution in [-0.2, 0) is 4.79 Å². The number of aromatic nitrogens is 1. The second-order valence-electron chi connectivity index (χ2n) is 2.60. The van der Waals surface area contributed by atoms with Crippen molar-refractivity contribution in [2.75, 3.05) is 5.32 Å². The number of carbonyl (C=O) groups is 1. The lowest BCUT2D eigenvalue weighted by atomic mass is 10.3. The summed E-state index contributed by atoms with van der Waals surface area (Å²) in [6.07, 6.45) is 1.47. The van der Waals surface area contributed by atoms with Crippen LogP contribution < -0.4 is 5.32 Å². The van der Waals surface area contributed by atoms with Crippen LogP contribution in [0.2, 0.25) is 5.02 Å². The Labute approximate surface area is 81.4 Å². The van der Waals surface area contributed by atoms with Crippen molar-refractivity contribution in [3.05, 3.63) is 35.5 Å². The predicted octanol–water partition coefficient (Wildman–Crippen LogP) is 2.25. The minimum atomic E-state index is -0.241.